The van der Waals surface area contributed by atoms with Gasteiger partial charge in [0.2, 0.25) is 0 Å². The van der Waals surface area contributed by atoms with E-state index in [4.69, 9.17) is 14.8 Å². The van der Waals surface area contributed by atoms with Crippen LogP contribution < -0.4 is 15.1 Å². The van der Waals surface area contributed by atoms with Crippen LogP contribution in [-0.4, -0.2) is 92.5 Å². The van der Waals surface area contributed by atoms with Gasteiger partial charge in [-0.1, -0.05) is 19.9 Å². The largest absolute Gasteiger partial charge is 0.477 e. The summed E-state index contributed by atoms with van der Waals surface area (Å²) in [6.45, 7) is 11.0. The lowest BCUT2D eigenvalue weighted by Crippen LogP contribution is -2.69. The first-order valence-electron chi connectivity index (χ1n) is 14.4. The Hall–Kier alpha value is -3.93. The molecule has 6 fully saturated rings. The van der Waals surface area contributed by atoms with E-state index in [9.17, 15) is 14.7 Å². The van der Waals surface area contributed by atoms with Crippen LogP contribution in [0.25, 0.3) is 5.65 Å². The summed E-state index contributed by atoms with van der Waals surface area (Å²) in [5.41, 5.74) is 2.24. The number of carbonyl (C=O) groups is 2. The normalized spacial score (nSPS) is 29.2. The number of ether oxygens (including phenoxy) is 1. The third kappa shape index (κ3) is 3.58. The SMILES string of the molecule is Cc1cc(N2CCC(C)(C)C2)cn2nc([C@@]34C[C@@H](CO3)[C@H]4N3CC4(CN(c5cccc(C(=O)O)n5)C4)NC3=O)nc12. The van der Waals surface area contributed by atoms with Gasteiger partial charge in [-0.05, 0) is 48.9 Å². The van der Waals surface area contributed by atoms with E-state index in [0.717, 1.165) is 42.8 Å². The average Bonchev–Trinajstić information content (AvgIpc) is 3.71. The molecule has 12 nitrogen and oxygen atoms in total. The van der Waals surface area contributed by atoms with Gasteiger partial charge in [-0.25, -0.2) is 24.1 Å². The first-order valence-corrected chi connectivity index (χ1v) is 14.4. The van der Waals surface area contributed by atoms with E-state index in [2.05, 4.69) is 48.2 Å². The standard InChI is InChI=1S/C29H34N8O4/c1-17-9-19(34-8-7-27(2,3)13-34)11-37-23(17)31-25(33-37)29-10-18(12-41-29)22(29)36-16-28(32-26(36)40)14-35(15-28)21-6-4-5-20(30-21)24(38)39/h4-6,9,11,18,22H,7-8,10,12-16H2,1-3H3,(H,32,40)(H,38,39)/t18-,22+,29-/m0/s1. The Balaban J connectivity index is 1.03. The summed E-state index contributed by atoms with van der Waals surface area (Å²) in [7, 11) is 0. The van der Waals surface area contributed by atoms with Crippen LogP contribution in [0.2, 0.25) is 0 Å². The molecular formula is C29H34N8O4. The second kappa shape index (κ2) is 8.09. The van der Waals surface area contributed by atoms with Crippen molar-refractivity contribution >= 4 is 29.2 Å². The number of carbonyl (C=O) groups excluding carboxylic acids is 1. The van der Waals surface area contributed by atoms with Crippen LogP contribution in [-0.2, 0) is 10.3 Å². The molecule has 214 valence electrons. The number of rotatable bonds is 5. The molecule has 3 atom stereocenters. The van der Waals surface area contributed by atoms with Gasteiger partial charge in [-0.3, -0.25) is 0 Å². The Morgan fingerprint density at radius 2 is 1.98 bits per heavy atom. The number of carboxylic acid groups (broad SMARTS) is 1. The molecule has 0 aromatic carbocycles. The van der Waals surface area contributed by atoms with Gasteiger partial charge in [-0.2, -0.15) is 0 Å². The van der Waals surface area contributed by atoms with Gasteiger partial charge in [0.1, 0.15) is 5.82 Å². The Morgan fingerprint density at radius 1 is 1.15 bits per heavy atom. The predicted octanol–water partition coefficient (Wildman–Crippen LogP) is 2.27. The van der Waals surface area contributed by atoms with Crippen molar-refractivity contribution in [2.75, 3.05) is 49.1 Å². The molecule has 41 heavy (non-hydrogen) atoms. The lowest BCUT2D eigenvalue weighted by atomic mass is 9.67. The minimum atomic E-state index is -1.06. The molecule has 0 radical (unpaired) electrons. The average molecular weight is 559 g/mol. The first kappa shape index (κ1) is 24.8. The molecule has 1 saturated carbocycles. The monoisotopic (exact) mass is 558 g/mol. The van der Waals surface area contributed by atoms with Crippen molar-refractivity contribution in [3.63, 3.8) is 0 Å². The zero-order valence-electron chi connectivity index (χ0n) is 23.5. The summed E-state index contributed by atoms with van der Waals surface area (Å²) in [6, 6.07) is 6.96. The maximum Gasteiger partial charge on any atom is 0.354 e. The number of urea groups is 1. The Morgan fingerprint density at radius 3 is 2.71 bits per heavy atom. The van der Waals surface area contributed by atoms with Gasteiger partial charge >= 0.3 is 12.0 Å². The molecule has 2 bridgehead atoms. The van der Waals surface area contributed by atoms with Crippen molar-refractivity contribution in [1.29, 1.82) is 0 Å². The second-order valence-corrected chi connectivity index (χ2v) is 13.4. The van der Waals surface area contributed by atoms with Crippen molar-refractivity contribution in [2.24, 2.45) is 11.3 Å². The van der Waals surface area contributed by atoms with E-state index in [1.165, 1.54) is 6.07 Å². The summed E-state index contributed by atoms with van der Waals surface area (Å²) in [6.07, 6.45) is 4.04. The highest BCUT2D eigenvalue weighted by Crippen LogP contribution is 2.57. The van der Waals surface area contributed by atoms with Gasteiger partial charge in [-0.15, -0.1) is 5.10 Å². The van der Waals surface area contributed by atoms with Crippen LogP contribution in [0.4, 0.5) is 16.3 Å². The molecule has 1 aliphatic carbocycles. The molecule has 12 heteroatoms. The van der Waals surface area contributed by atoms with Gasteiger partial charge in [0.15, 0.2) is 22.8 Å². The van der Waals surface area contributed by atoms with E-state index in [1.807, 2.05) is 14.3 Å². The Bertz CT molecular complexity index is 1610. The number of pyridine rings is 2. The molecule has 1 spiro atoms. The van der Waals surface area contributed by atoms with E-state index in [-0.39, 0.29) is 23.7 Å². The van der Waals surface area contributed by atoms with Gasteiger partial charge < -0.3 is 29.9 Å². The lowest BCUT2D eigenvalue weighted by Gasteiger charge is -2.50. The third-order valence-corrected chi connectivity index (χ3v) is 9.77. The highest BCUT2D eigenvalue weighted by Gasteiger charge is 2.69. The topological polar surface area (TPSA) is 128 Å². The minimum absolute atomic E-state index is 0.0113. The van der Waals surface area contributed by atoms with Crippen LogP contribution in [0.5, 0.6) is 0 Å². The number of hydrogen-bond acceptors (Lipinski definition) is 8. The molecule has 6 aliphatic rings. The summed E-state index contributed by atoms with van der Waals surface area (Å²) >= 11 is 0. The predicted molar refractivity (Wildman–Crippen MR) is 149 cm³/mol. The molecule has 5 saturated heterocycles. The quantitative estimate of drug-likeness (QED) is 0.485. The fraction of sp³-hybridized carbons (Fsp3) is 0.552. The van der Waals surface area contributed by atoms with Crippen molar-refractivity contribution in [3.05, 3.63) is 47.5 Å². The highest BCUT2D eigenvalue weighted by atomic mass is 16.5. The number of anilines is 2. The number of carboxylic acids is 1. The Labute approximate surface area is 237 Å². The van der Waals surface area contributed by atoms with Crippen molar-refractivity contribution in [1.82, 2.24) is 29.8 Å². The Kier molecular flexibility index (Phi) is 4.90. The smallest absolute Gasteiger partial charge is 0.354 e. The second-order valence-electron chi connectivity index (χ2n) is 13.4. The summed E-state index contributed by atoms with van der Waals surface area (Å²) in [5.74, 6) is 0.445. The van der Waals surface area contributed by atoms with Gasteiger partial charge in [0.05, 0.1) is 30.1 Å². The number of aromatic nitrogens is 4. The molecule has 2 N–H and O–H groups in total. The van der Waals surface area contributed by atoms with Crippen LogP contribution in [0.3, 0.4) is 0 Å². The number of aryl methyl sites for hydroxylation is 1. The van der Waals surface area contributed by atoms with Gasteiger partial charge in [0.25, 0.3) is 0 Å². The zero-order valence-corrected chi connectivity index (χ0v) is 23.5. The number of amides is 2. The molecule has 3 aromatic rings. The molecule has 0 unspecified atom stereocenters. The fourth-order valence-electron chi connectivity index (χ4n) is 7.71. The molecule has 2 amide bonds. The maximum absolute atomic E-state index is 13.4. The summed E-state index contributed by atoms with van der Waals surface area (Å²) < 4.78 is 8.29. The van der Waals surface area contributed by atoms with Crippen molar-refractivity contribution in [2.45, 2.75) is 50.8 Å². The van der Waals surface area contributed by atoms with E-state index < -0.39 is 17.1 Å². The molecule has 5 aliphatic heterocycles. The van der Waals surface area contributed by atoms with Crippen LogP contribution >= 0.6 is 0 Å². The molecular weight excluding hydrogens is 524 g/mol. The lowest BCUT2D eigenvalue weighted by molar-refractivity contribution is -0.0746. The number of nitrogens with one attached hydrogen (secondary N) is 1. The van der Waals surface area contributed by atoms with E-state index in [1.54, 1.807) is 12.1 Å². The van der Waals surface area contributed by atoms with Crippen molar-refractivity contribution < 1.29 is 19.4 Å². The summed E-state index contributed by atoms with van der Waals surface area (Å²) in [4.78, 5) is 40.3. The fourth-order valence-corrected chi connectivity index (χ4v) is 7.71. The van der Waals surface area contributed by atoms with Crippen LogP contribution in [0.15, 0.2) is 30.5 Å². The van der Waals surface area contributed by atoms with E-state index >= 15 is 0 Å². The zero-order chi connectivity index (χ0) is 28.3. The molecule has 8 heterocycles. The highest BCUT2D eigenvalue weighted by molar-refractivity contribution is 5.86. The number of aromatic carboxylic acids is 1. The third-order valence-electron chi connectivity index (χ3n) is 9.77. The number of fused-ring (bicyclic) bond motifs is 2. The molecule has 9 rings (SSSR count). The van der Waals surface area contributed by atoms with Crippen molar-refractivity contribution in [3.8, 4) is 0 Å². The van der Waals surface area contributed by atoms with Gasteiger partial charge in [0, 0.05) is 38.6 Å². The van der Waals surface area contributed by atoms with E-state index in [0.29, 0.717) is 43.3 Å². The summed E-state index contributed by atoms with van der Waals surface area (Å²) in [5, 5.41) is 17.5. The van der Waals surface area contributed by atoms with Crippen LogP contribution in [0.1, 0.15) is 48.6 Å². The first-order chi connectivity index (χ1) is 19.5. The van der Waals surface area contributed by atoms with Crippen LogP contribution in [0, 0.1) is 18.3 Å². The number of hydrogen-bond donors (Lipinski definition) is 2. The number of nitrogens with zero attached hydrogens (tertiary/aromatic N) is 7. The minimum Gasteiger partial charge on any atom is -0.477 e. The molecule has 3 aromatic heterocycles. The maximum atomic E-state index is 13.4.